The number of imidazole rings is 1. The third kappa shape index (κ3) is 2.18. The van der Waals surface area contributed by atoms with E-state index in [1.165, 1.54) is 12.3 Å². The summed E-state index contributed by atoms with van der Waals surface area (Å²) in [6, 6.07) is 3.01. The van der Waals surface area contributed by atoms with Crippen LogP contribution in [0.1, 0.15) is 18.3 Å². The molecule has 0 aromatic carbocycles. The smallest absolute Gasteiger partial charge is 0.212 e. The Morgan fingerprint density at radius 1 is 1.25 bits per heavy atom. The fourth-order valence-corrected chi connectivity index (χ4v) is 1.98. The Balaban J connectivity index is 2.03. The van der Waals surface area contributed by atoms with Gasteiger partial charge in [0.25, 0.3) is 0 Å². The molecule has 3 aromatic heterocycles. The number of hydrogen-bond acceptors (Lipinski definition) is 5. The highest BCUT2D eigenvalue weighted by Crippen LogP contribution is 2.17. The van der Waals surface area contributed by atoms with Gasteiger partial charge < -0.3 is 10.3 Å². The van der Waals surface area contributed by atoms with Crippen molar-refractivity contribution in [2.45, 2.75) is 19.9 Å². The summed E-state index contributed by atoms with van der Waals surface area (Å²) in [4.78, 5) is 16.5. The van der Waals surface area contributed by atoms with Crippen molar-refractivity contribution in [2.75, 3.05) is 5.73 Å². The fraction of sp³-hybridized carbons (Fsp3) is 0.231. The van der Waals surface area contributed by atoms with Gasteiger partial charge in [0.2, 0.25) is 5.95 Å². The Kier molecular flexibility index (Phi) is 3.02. The van der Waals surface area contributed by atoms with Crippen LogP contribution in [0.4, 0.5) is 10.2 Å². The molecule has 0 fully saturated rings. The molecular weight excluding hydrogens is 259 g/mol. The van der Waals surface area contributed by atoms with E-state index >= 15 is 0 Å². The van der Waals surface area contributed by atoms with Crippen LogP contribution in [0.5, 0.6) is 0 Å². The second-order valence-electron chi connectivity index (χ2n) is 4.41. The number of fused-ring (bicyclic) bond motifs is 1. The molecule has 0 aliphatic heterocycles. The van der Waals surface area contributed by atoms with Gasteiger partial charge in [-0.25, -0.2) is 19.9 Å². The van der Waals surface area contributed by atoms with E-state index in [1.807, 2.05) is 11.5 Å². The van der Waals surface area contributed by atoms with Gasteiger partial charge in [-0.05, 0) is 11.6 Å². The van der Waals surface area contributed by atoms with Crippen LogP contribution < -0.4 is 5.73 Å². The number of nitrogen functional groups attached to an aromatic ring is 1. The number of aromatic nitrogens is 5. The van der Waals surface area contributed by atoms with E-state index in [4.69, 9.17) is 5.73 Å². The first kappa shape index (κ1) is 12.5. The van der Waals surface area contributed by atoms with E-state index in [1.54, 1.807) is 12.4 Å². The molecule has 0 bridgehead atoms. The van der Waals surface area contributed by atoms with Gasteiger partial charge in [0.05, 0.1) is 12.9 Å². The Hall–Kier alpha value is -2.57. The third-order valence-electron chi connectivity index (χ3n) is 2.99. The molecule has 3 heterocycles. The van der Waals surface area contributed by atoms with E-state index < -0.39 is 5.95 Å². The monoisotopic (exact) mass is 272 g/mol. The lowest BCUT2D eigenvalue weighted by Crippen LogP contribution is -2.04. The van der Waals surface area contributed by atoms with Crippen molar-refractivity contribution in [3.8, 4) is 0 Å². The normalized spacial score (nSPS) is 11.1. The topological polar surface area (TPSA) is 82.5 Å². The lowest BCUT2D eigenvalue weighted by atomic mass is 10.3. The van der Waals surface area contributed by atoms with Crippen molar-refractivity contribution in [2.24, 2.45) is 0 Å². The standard InChI is InChI=1S/C13H13FN6/c1-2-10-18-12(15)11-13(19-10)20(7-17-11)6-8-3-4-9(14)16-5-8/h3-5,7H,2,6H2,1H3,(H2,15,18,19). The maximum absolute atomic E-state index is 12.8. The predicted octanol–water partition coefficient (Wildman–Crippen LogP) is 1.55. The SMILES string of the molecule is CCc1nc(N)c2ncn(Cc3ccc(F)nc3)c2n1. The average Bonchev–Trinajstić information content (AvgIpc) is 2.85. The number of halogens is 1. The van der Waals surface area contributed by atoms with Gasteiger partial charge in [0.15, 0.2) is 11.5 Å². The van der Waals surface area contributed by atoms with Crippen LogP contribution in [0.2, 0.25) is 0 Å². The number of hydrogen-bond donors (Lipinski definition) is 1. The molecule has 0 aliphatic carbocycles. The number of aryl methyl sites for hydroxylation is 1. The highest BCUT2D eigenvalue weighted by molar-refractivity contribution is 5.81. The zero-order valence-electron chi connectivity index (χ0n) is 10.9. The van der Waals surface area contributed by atoms with Gasteiger partial charge in [0.1, 0.15) is 11.3 Å². The van der Waals surface area contributed by atoms with Crippen molar-refractivity contribution in [3.63, 3.8) is 0 Å². The summed E-state index contributed by atoms with van der Waals surface area (Å²) < 4.78 is 14.7. The Morgan fingerprint density at radius 3 is 2.80 bits per heavy atom. The molecule has 0 radical (unpaired) electrons. The molecule has 0 amide bonds. The van der Waals surface area contributed by atoms with Gasteiger partial charge in [0, 0.05) is 12.6 Å². The summed E-state index contributed by atoms with van der Waals surface area (Å²) in [5, 5.41) is 0. The molecule has 3 rings (SSSR count). The maximum atomic E-state index is 12.8. The van der Waals surface area contributed by atoms with Crippen LogP contribution in [-0.4, -0.2) is 24.5 Å². The van der Waals surface area contributed by atoms with Crippen molar-refractivity contribution >= 4 is 17.0 Å². The first-order valence-corrected chi connectivity index (χ1v) is 6.25. The number of pyridine rings is 1. The summed E-state index contributed by atoms with van der Waals surface area (Å²) in [6.45, 7) is 2.47. The Labute approximate surface area is 114 Å². The maximum Gasteiger partial charge on any atom is 0.212 e. The first-order chi connectivity index (χ1) is 9.67. The van der Waals surface area contributed by atoms with Crippen LogP contribution in [0.3, 0.4) is 0 Å². The van der Waals surface area contributed by atoms with Crippen molar-refractivity contribution < 1.29 is 4.39 Å². The van der Waals surface area contributed by atoms with Crippen molar-refractivity contribution in [1.29, 1.82) is 0 Å². The molecule has 2 N–H and O–H groups in total. The second kappa shape index (κ2) is 4.84. The summed E-state index contributed by atoms with van der Waals surface area (Å²) in [5.41, 5.74) is 7.99. The van der Waals surface area contributed by atoms with Crippen LogP contribution in [0.15, 0.2) is 24.7 Å². The predicted molar refractivity (Wildman–Crippen MR) is 72.4 cm³/mol. The third-order valence-corrected chi connectivity index (χ3v) is 2.99. The minimum atomic E-state index is -0.496. The van der Waals surface area contributed by atoms with E-state index in [0.717, 1.165) is 5.56 Å². The average molecular weight is 272 g/mol. The molecule has 0 atom stereocenters. The van der Waals surface area contributed by atoms with Gasteiger partial charge in [-0.2, -0.15) is 4.39 Å². The molecular formula is C13H13FN6. The summed E-state index contributed by atoms with van der Waals surface area (Å²) in [5.74, 6) is 0.556. The molecule has 20 heavy (non-hydrogen) atoms. The Bertz CT molecular complexity index is 749. The molecule has 0 saturated heterocycles. The van der Waals surface area contributed by atoms with Gasteiger partial charge in [-0.15, -0.1) is 0 Å². The van der Waals surface area contributed by atoms with E-state index in [-0.39, 0.29) is 0 Å². The molecule has 0 saturated carbocycles. The number of anilines is 1. The van der Waals surface area contributed by atoms with Crippen LogP contribution >= 0.6 is 0 Å². The van der Waals surface area contributed by atoms with Gasteiger partial charge >= 0.3 is 0 Å². The largest absolute Gasteiger partial charge is 0.382 e. The number of nitrogens with zero attached hydrogens (tertiary/aromatic N) is 5. The quantitative estimate of drug-likeness (QED) is 0.731. The molecule has 0 spiro atoms. The van der Waals surface area contributed by atoms with E-state index in [2.05, 4.69) is 19.9 Å². The minimum absolute atomic E-state index is 0.378. The molecule has 6 nitrogen and oxygen atoms in total. The molecule has 0 unspecified atom stereocenters. The molecule has 102 valence electrons. The Morgan fingerprint density at radius 2 is 2.10 bits per heavy atom. The second-order valence-corrected chi connectivity index (χ2v) is 4.41. The van der Waals surface area contributed by atoms with E-state index in [0.29, 0.717) is 35.8 Å². The molecule has 7 heteroatoms. The van der Waals surface area contributed by atoms with E-state index in [9.17, 15) is 4.39 Å². The highest BCUT2D eigenvalue weighted by Gasteiger charge is 2.11. The number of rotatable bonds is 3. The van der Waals surface area contributed by atoms with Crippen LogP contribution in [0.25, 0.3) is 11.2 Å². The molecule has 3 aromatic rings. The zero-order chi connectivity index (χ0) is 14.1. The fourth-order valence-electron chi connectivity index (χ4n) is 1.98. The van der Waals surface area contributed by atoms with Crippen LogP contribution in [0, 0.1) is 5.95 Å². The lowest BCUT2D eigenvalue weighted by molar-refractivity contribution is 0.581. The lowest BCUT2D eigenvalue weighted by Gasteiger charge is -2.05. The first-order valence-electron chi connectivity index (χ1n) is 6.25. The molecule has 0 aliphatic rings. The van der Waals surface area contributed by atoms with Gasteiger partial charge in [-0.1, -0.05) is 13.0 Å². The number of nitrogens with two attached hydrogens (primary N) is 1. The summed E-state index contributed by atoms with van der Waals surface area (Å²) >= 11 is 0. The summed E-state index contributed by atoms with van der Waals surface area (Å²) in [7, 11) is 0. The van der Waals surface area contributed by atoms with Crippen molar-refractivity contribution in [1.82, 2.24) is 24.5 Å². The zero-order valence-corrected chi connectivity index (χ0v) is 10.9. The minimum Gasteiger partial charge on any atom is -0.382 e. The highest BCUT2D eigenvalue weighted by atomic mass is 19.1. The van der Waals surface area contributed by atoms with Crippen LogP contribution in [-0.2, 0) is 13.0 Å². The van der Waals surface area contributed by atoms with Gasteiger partial charge in [-0.3, -0.25) is 0 Å². The van der Waals surface area contributed by atoms with Crippen molar-refractivity contribution in [3.05, 3.63) is 42.0 Å². The summed E-state index contributed by atoms with van der Waals surface area (Å²) in [6.07, 6.45) is 3.84.